The van der Waals surface area contributed by atoms with Gasteiger partial charge < -0.3 is 15.5 Å². The Balaban J connectivity index is 1.09. The summed E-state index contributed by atoms with van der Waals surface area (Å²) in [5.74, 6) is 2.84. The standard InChI is InChI=1S/C22H35N3O2/c26-19(25-7-3-21(4-8-25)2-6-23-15-21)1-5-24-20(27)22-12-16-9-17(13-22)11-18(10-16)14-22/h16-18,23H,1-15H2,(H,24,27). The maximum absolute atomic E-state index is 13.0. The third kappa shape index (κ3) is 3.30. The van der Waals surface area contributed by atoms with Gasteiger partial charge in [-0.25, -0.2) is 0 Å². The second-order valence-corrected chi connectivity index (χ2v) is 10.5. The quantitative estimate of drug-likeness (QED) is 0.795. The zero-order valence-corrected chi connectivity index (χ0v) is 16.6. The monoisotopic (exact) mass is 373 g/mol. The molecule has 27 heavy (non-hydrogen) atoms. The number of amides is 2. The predicted octanol–water partition coefficient (Wildman–Crippen LogP) is 2.31. The van der Waals surface area contributed by atoms with Gasteiger partial charge in [0.2, 0.25) is 11.8 Å². The number of carbonyl (C=O) groups is 2. The van der Waals surface area contributed by atoms with Gasteiger partial charge in [0.15, 0.2) is 0 Å². The molecule has 4 bridgehead atoms. The summed E-state index contributed by atoms with van der Waals surface area (Å²) >= 11 is 0. The molecule has 0 atom stereocenters. The van der Waals surface area contributed by atoms with Crippen LogP contribution in [0, 0.1) is 28.6 Å². The van der Waals surface area contributed by atoms with Gasteiger partial charge in [0.1, 0.15) is 0 Å². The highest BCUT2D eigenvalue weighted by Gasteiger charge is 2.54. The molecule has 4 aliphatic carbocycles. The molecule has 0 aromatic heterocycles. The minimum absolute atomic E-state index is 0.0925. The number of hydrogen-bond acceptors (Lipinski definition) is 3. The largest absolute Gasteiger partial charge is 0.355 e. The van der Waals surface area contributed by atoms with E-state index in [0.717, 1.165) is 76.0 Å². The molecule has 0 radical (unpaired) electrons. The average Bonchev–Trinajstić information content (AvgIpc) is 3.09. The van der Waals surface area contributed by atoms with Crippen molar-refractivity contribution in [3.8, 4) is 0 Å². The van der Waals surface area contributed by atoms with Crippen molar-refractivity contribution < 1.29 is 9.59 Å². The molecule has 5 heteroatoms. The summed E-state index contributed by atoms with van der Waals surface area (Å²) in [5.41, 5.74) is 0.355. The van der Waals surface area contributed by atoms with E-state index in [0.29, 0.717) is 18.4 Å². The van der Waals surface area contributed by atoms with Crippen molar-refractivity contribution in [3.05, 3.63) is 0 Å². The zero-order valence-electron chi connectivity index (χ0n) is 16.6. The number of piperidine rings is 1. The van der Waals surface area contributed by atoms with Crippen LogP contribution in [0.2, 0.25) is 0 Å². The van der Waals surface area contributed by atoms with Crippen molar-refractivity contribution in [1.82, 2.24) is 15.5 Å². The van der Waals surface area contributed by atoms with E-state index < -0.39 is 0 Å². The number of carbonyl (C=O) groups excluding carboxylic acids is 2. The minimum atomic E-state index is -0.0925. The second kappa shape index (κ2) is 6.75. The summed E-state index contributed by atoms with van der Waals surface area (Å²) in [6.45, 7) is 4.55. The van der Waals surface area contributed by atoms with E-state index in [2.05, 4.69) is 10.6 Å². The summed E-state index contributed by atoms with van der Waals surface area (Å²) in [7, 11) is 0. The van der Waals surface area contributed by atoms with E-state index in [1.54, 1.807) is 0 Å². The van der Waals surface area contributed by atoms with E-state index in [4.69, 9.17) is 0 Å². The summed E-state index contributed by atoms with van der Waals surface area (Å²) in [6, 6.07) is 0. The molecule has 6 rings (SSSR count). The number of hydrogen-bond donors (Lipinski definition) is 2. The van der Waals surface area contributed by atoms with Gasteiger partial charge in [-0.2, -0.15) is 0 Å². The molecular formula is C22H35N3O2. The molecule has 4 saturated carbocycles. The molecule has 2 aliphatic heterocycles. The van der Waals surface area contributed by atoms with Crippen molar-refractivity contribution in [2.24, 2.45) is 28.6 Å². The highest BCUT2D eigenvalue weighted by molar-refractivity contribution is 5.84. The van der Waals surface area contributed by atoms with E-state index >= 15 is 0 Å². The molecule has 0 aromatic carbocycles. The van der Waals surface area contributed by atoms with Crippen LogP contribution >= 0.6 is 0 Å². The fourth-order valence-electron chi connectivity index (χ4n) is 7.47. The zero-order chi connectivity index (χ0) is 18.5. The Hall–Kier alpha value is -1.10. The highest BCUT2D eigenvalue weighted by Crippen LogP contribution is 2.60. The predicted molar refractivity (Wildman–Crippen MR) is 104 cm³/mol. The summed E-state index contributed by atoms with van der Waals surface area (Å²) in [4.78, 5) is 27.6. The lowest BCUT2D eigenvalue weighted by Gasteiger charge is -2.55. The first-order chi connectivity index (χ1) is 13.1. The molecule has 6 aliphatic rings. The third-order valence-electron chi connectivity index (χ3n) is 8.65. The van der Waals surface area contributed by atoms with E-state index in [1.165, 1.54) is 25.7 Å². The third-order valence-corrected chi connectivity index (χ3v) is 8.65. The first kappa shape index (κ1) is 18.0. The first-order valence-electron chi connectivity index (χ1n) is 11.3. The smallest absolute Gasteiger partial charge is 0.226 e. The normalized spacial score (nSPS) is 39.1. The van der Waals surface area contributed by atoms with Crippen LogP contribution in [0.3, 0.4) is 0 Å². The molecule has 0 unspecified atom stereocenters. The van der Waals surface area contributed by atoms with Gasteiger partial charge in [0.25, 0.3) is 0 Å². The summed E-state index contributed by atoms with van der Waals surface area (Å²) in [6.07, 6.45) is 11.4. The van der Waals surface area contributed by atoms with Crippen LogP contribution in [0.25, 0.3) is 0 Å². The number of nitrogens with one attached hydrogen (secondary N) is 2. The van der Waals surface area contributed by atoms with Crippen LogP contribution in [0.5, 0.6) is 0 Å². The van der Waals surface area contributed by atoms with Crippen molar-refractivity contribution >= 4 is 11.8 Å². The van der Waals surface area contributed by atoms with Crippen LogP contribution in [-0.2, 0) is 9.59 Å². The van der Waals surface area contributed by atoms with Gasteiger partial charge in [0.05, 0.1) is 0 Å². The topological polar surface area (TPSA) is 61.4 Å². The molecule has 2 amide bonds. The number of likely N-dealkylation sites (tertiary alicyclic amines) is 1. The van der Waals surface area contributed by atoms with Gasteiger partial charge >= 0.3 is 0 Å². The van der Waals surface area contributed by atoms with Crippen LogP contribution in [0.15, 0.2) is 0 Å². The maximum Gasteiger partial charge on any atom is 0.226 e. The molecule has 0 aromatic rings. The second-order valence-electron chi connectivity index (χ2n) is 10.5. The van der Waals surface area contributed by atoms with Crippen molar-refractivity contribution in [2.45, 2.75) is 64.2 Å². The molecule has 2 heterocycles. The molecular weight excluding hydrogens is 338 g/mol. The van der Waals surface area contributed by atoms with Gasteiger partial charge in [-0.1, -0.05) is 0 Å². The van der Waals surface area contributed by atoms with E-state index in [9.17, 15) is 9.59 Å². The molecule has 5 nitrogen and oxygen atoms in total. The van der Waals surface area contributed by atoms with Crippen LogP contribution < -0.4 is 10.6 Å². The minimum Gasteiger partial charge on any atom is -0.355 e. The molecule has 150 valence electrons. The number of rotatable bonds is 4. The SMILES string of the molecule is O=C(CCNC(=O)C12CC3CC(CC(C3)C1)C2)N1CCC2(CCNC2)CC1. The van der Waals surface area contributed by atoms with E-state index in [1.807, 2.05) is 4.90 Å². The van der Waals surface area contributed by atoms with Gasteiger partial charge in [-0.05, 0) is 87.5 Å². The molecule has 2 saturated heterocycles. The van der Waals surface area contributed by atoms with Crippen molar-refractivity contribution in [2.75, 3.05) is 32.7 Å². The lowest BCUT2D eigenvalue weighted by atomic mass is 9.49. The Labute approximate surface area is 163 Å². The fraction of sp³-hybridized carbons (Fsp3) is 0.909. The van der Waals surface area contributed by atoms with Crippen LogP contribution in [0.4, 0.5) is 0 Å². The van der Waals surface area contributed by atoms with Crippen LogP contribution in [-0.4, -0.2) is 49.4 Å². The highest BCUT2D eigenvalue weighted by atomic mass is 16.2. The Morgan fingerprint density at radius 2 is 1.59 bits per heavy atom. The average molecular weight is 374 g/mol. The molecule has 6 fully saturated rings. The van der Waals surface area contributed by atoms with Crippen molar-refractivity contribution in [1.29, 1.82) is 0 Å². The van der Waals surface area contributed by atoms with Gasteiger partial charge in [-0.3, -0.25) is 9.59 Å². The molecule has 1 spiro atoms. The molecule has 2 N–H and O–H groups in total. The Kier molecular flexibility index (Phi) is 4.49. The van der Waals surface area contributed by atoms with Crippen molar-refractivity contribution in [3.63, 3.8) is 0 Å². The fourth-order valence-corrected chi connectivity index (χ4v) is 7.47. The lowest BCUT2D eigenvalue weighted by Crippen LogP contribution is -2.54. The Morgan fingerprint density at radius 3 is 2.15 bits per heavy atom. The maximum atomic E-state index is 13.0. The number of nitrogens with zero attached hydrogens (tertiary/aromatic N) is 1. The van der Waals surface area contributed by atoms with E-state index in [-0.39, 0.29) is 17.2 Å². The Bertz CT molecular complexity index is 565. The lowest BCUT2D eigenvalue weighted by molar-refractivity contribution is -0.146. The first-order valence-corrected chi connectivity index (χ1v) is 11.3. The Morgan fingerprint density at radius 1 is 0.963 bits per heavy atom. The summed E-state index contributed by atoms with van der Waals surface area (Å²) in [5, 5.41) is 6.64. The summed E-state index contributed by atoms with van der Waals surface area (Å²) < 4.78 is 0. The van der Waals surface area contributed by atoms with Gasteiger partial charge in [-0.15, -0.1) is 0 Å². The van der Waals surface area contributed by atoms with Gasteiger partial charge in [0, 0.05) is 38.0 Å². The van der Waals surface area contributed by atoms with Crippen LogP contribution in [0.1, 0.15) is 64.2 Å².